The van der Waals surface area contributed by atoms with Gasteiger partial charge in [-0.3, -0.25) is 9.59 Å². The lowest BCUT2D eigenvalue weighted by atomic mass is 9.82. The quantitative estimate of drug-likeness (QED) is 0.654. The summed E-state index contributed by atoms with van der Waals surface area (Å²) in [5.74, 6) is 0.436. The Balaban J connectivity index is 1.94. The molecule has 1 fully saturated rings. The van der Waals surface area contributed by atoms with Gasteiger partial charge in [0.1, 0.15) is 5.75 Å². The van der Waals surface area contributed by atoms with Crippen LogP contribution < -0.4 is 15.0 Å². The van der Waals surface area contributed by atoms with Crippen molar-refractivity contribution < 1.29 is 14.3 Å². The van der Waals surface area contributed by atoms with Crippen LogP contribution in [0.3, 0.4) is 0 Å². The summed E-state index contributed by atoms with van der Waals surface area (Å²) >= 11 is 0. The first-order chi connectivity index (χ1) is 15.6. The van der Waals surface area contributed by atoms with Crippen molar-refractivity contribution in [2.24, 2.45) is 11.3 Å². The van der Waals surface area contributed by atoms with Crippen molar-refractivity contribution in [3.63, 3.8) is 0 Å². The molecule has 0 spiro atoms. The molecule has 0 saturated carbocycles. The van der Waals surface area contributed by atoms with Crippen LogP contribution in [0, 0.1) is 18.3 Å². The third-order valence-electron chi connectivity index (χ3n) is 6.19. The van der Waals surface area contributed by atoms with Crippen LogP contribution in [0.2, 0.25) is 0 Å². The zero-order chi connectivity index (χ0) is 24.2. The summed E-state index contributed by atoms with van der Waals surface area (Å²) in [6.45, 7) is 7.77. The van der Waals surface area contributed by atoms with E-state index < -0.39 is 0 Å². The molecule has 33 heavy (non-hydrogen) atoms. The van der Waals surface area contributed by atoms with Crippen molar-refractivity contribution in [2.45, 2.75) is 39.7 Å². The minimum absolute atomic E-state index is 0.00717. The molecule has 0 aromatic heterocycles. The zero-order valence-corrected chi connectivity index (χ0v) is 20.7. The minimum Gasteiger partial charge on any atom is -0.497 e. The lowest BCUT2D eigenvalue weighted by Gasteiger charge is -2.41. The highest BCUT2D eigenvalue weighted by Crippen LogP contribution is 2.40. The Morgan fingerprint density at radius 3 is 2.33 bits per heavy atom. The van der Waals surface area contributed by atoms with E-state index in [0.29, 0.717) is 19.4 Å². The second-order valence-electron chi connectivity index (χ2n) is 10.1. The maximum atomic E-state index is 13.5. The number of hydrogen-bond donors (Lipinski definition) is 1. The molecule has 2 unspecified atom stereocenters. The van der Waals surface area contributed by atoms with Crippen LogP contribution in [0.4, 0.5) is 5.69 Å². The summed E-state index contributed by atoms with van der Waals surface area (Å²) in [4.78, 5) is 30.6. The van der Waals surface area contributed by atoms with Crippen LogP contribution in [0.1, 0.15) is 43.9 Å². The van der Waals surface area contributed by atoms with Gasteiger partial charge in [0.05, 0.1) is 19.1 Å². The van der Waals surface area contributed by atoms with Crippen LogP contribution in [-0.4, -0.2) is 51.0 Å². The van der Waals surface area contributed by atoms with E-state index in [1.54, 1.807) is 12.0 Å². The van der Waals surface area contributed by atoms with E-state index in [1.165, 1.54) is 0 Å². The average Bonchev–Trinajstić information content (AvgIpc) is 2.77. The van der Waals surface area contributed by atoms with Crippen LogP contribution >= 0.6 is 0 Å². The van der Waals surface area contributed by atoms with Crippen molar-refractivity contribution in [2.75, 3.05) is 39.2 Å². The molecule has 0 bridgehead atoms. The number of carbonyl (C=O) groups excluding carboxylic acids is 2. The Kier molecular flexibility index (Phi) is 7.80. The molecule has 0 aliphatic carbocycles. The third-order valence-corrected chi connectivity index (χ3v) is 6.19. The molecule has 1 N–H and O–H groups in total. The Bertz CT molecular complexity index is 952. The highest BCUT2D eigenvalue weighted by atomic mass is 16.5. The lowest BCUT2D eigenvalue weighted by molar-refractivity contribution is -0.129. The van der Waals surface area contributed by atoms with Crippen molar-refractivity contribution in [3.8, 4) is 5.75 Å². The molecule has 2 amide bonds. The van der Waals surface area contributed by atoms with Crippen molar-refractivity contribution in [1.82, 2.24) is 10.2 Å². The Morgan fingerprint density at radius 1 is 1.12 bits per heavy atom. The van der Waals surface area contributed by atoms with E-state index in [2.05, 4.69) is 24.1 Å². The third kappa shape index (κ3) is 6.14. The first kappa shape index (κ1) is 24.8. The maximum Gasteiger partial charge on any atom is 0.227 e. The number of benzene rings is 2. The largest absolute Gasteiger partial charge is 0.497 e. The minimum atomic E-state index is -0.378. The van der Waals surface area contributed by atoms with E-state index in [-0.39, 0.29) is 29.2 Å². The maximum absolute atomic E-state index is 13.5. The molecular formula is C27H37N3O3. The number of rotatable bonds is 8. The second kappa shape index (κ2) is 10.4. The number of aryl methyl sites for hydroxylation is 1. The fourth-order valence-electron chi connectivity index (χ4n) is 4.73. The van der Waals surface area contributed by atoms with E-state index >= 15 is 0 Å². The number of methoxy groups -OCH3 is 1. The van der Waals surface area contributed by atoms with Gasteiger partial charge in [-0.25, -0.2) is 0 Å². The summed E-state index contributed by atoms with van der Waals surface area (Å²) in [6, 6.07) is 15.2. The van der Waals surface area contributed by atoms with E-state index in [0.717, 1.165) is 29.1 Å². The predicted molar refractivity (Wildman–Crippen MR) is 132 cm³/mol. The number of ether oxygens (including phenoxy) is 1. The number of nitrogens with zero attached hydrogens (tertiary/aromatic N) is 2. The summed E-state index contributed by atoms with van der Waals surface area (Å²) in [5, 5.41) is 3.19. The van der Waals surface area contributed by atoms with Crippen LogP contribution in [0.15, 0.2) is 48.5 Å². The molecule has 6 nitrogen and oxygen atoms in total. The Labute approximate surface area is 197 Å². The SMILES string of the molecule is COc1ccc(C2C(C(=O)NCC(C)(C)CN(C)C)CCC(=O)N2c2ccc(C)cc2)cc1. The molecular weight excluding hydrogens is 414 g/mol. The van der Waals surface area contributed by atoms with Gasteiger partial charge >= 0.3 is 0 Å². The molecule has 1 aliphatic heterocycles. The summed E-state index contributed by atoms with van der Waals surface area (Å²) < 4.78 is 5.32. The van der Waals surface area contributed by atoms with Crippen molar-refractivity contribution in [3.05, 3.63) is 59.7 Å². The van der Waals surface area contributed by atoms with Gasteiger partial charge in [-0.15, -0.1) is 0 Å². The predicted octanol–water partition coefficient (Wildman–Crippen LogP) is 4.19. The summed E-state index contributed by atoms with van der Waals surface area (Å²) in [5.41, 5.74) is 2.81. The van der Waals surface area contributed by atoms with Gasteiger partial charge < -0.3 is 19.9 Å². The van der Waals surface area contributed by atoms with Gasteiger partial charge in [-0.05, 0) is 62.7 Å². The van der Waals surface area contributed by atoms with Gasteiger partial charge in [0.15, 0.2) is 0 Å². The fourth-order valence-corrected chi connectivity index (χ4v) is 4.73. The summed E-state index contributed by atoms with van der Waals surface area (Å²) in [7, 11) is 5.70. The van der Waals surface area contributed by atoms with E-state index in [4.69, 9.17) is 4.74 Å². The molecule has 2 aromatic carbocycles. The van der Waals surface area contributed by atoms with Crippen molar-refractivity contribution >= 4 is 17.5 Å². The topological polar surface area (TPSA) is 61.9 Å². The molecule has 1 aliphatic rings. The van der Waals surface area contributed by atoms with Gasteiger partial charge in [0.25, 0.3) is 0 Å². The highest BCUT2D eigenvalue weighted by Gasteiger charge is 2.41. The number of amides is 2. The van der Waals surface area contributed by atoms with Gasteiger partial charge in [0.2, 0.25) is 11.8 Å². The molecule has 178 valence electrons. The number of anilines is 1. The second-order valence-corrected chi connectivity index (χ2v) is 10.1. The molecule has 6 heteroatoms. The monoisotopic (exact) mass is 451 g/mol. The Morgan fingerprint density at radius 2 is 1.76 bits per heavy atom. The highest BCUT2D eigenvalue weighted by molar-refractivity contribution is 5.97. The number of piperidine rings is 1. The average molecular weight is 452 g/mol. The molecule has 0 radical (unpaired) electrons. The Hall–Kier alpha value is -2.86. The molecule has 1 heterocycles. The smallest absolute Gasteiger partial charge is 0.227 e. The van der Waals surface area contributed by atoms with Crippen molar-refractivity contribution in [1.29, 1.82) is 0 Å². The molecule has 2 atom stereocenters. The van der Waals surface area contributed by atoms with E-state index in [9.17, 15) is 9.59 Å². The number of carbonyl (C=O) groups is 2. The first-order valence-electron chi connectivity index (χ1n) is 11.6. The first-order valence-corrected chi connectivity index (χ1v) is 11.6. The normalized spacial score (nSPS) is 19.0. The summed E-state index contributed by atoms with van der Waals surface area (Å²) in [6.07, 6.45) is 0.873. The molecule has 3 rings (SSSR count). The fraction of sp³-hybridized carbons (Fsp3) is 0.481. The standard InChI is InChI=1S/C27H37N3O3/c1-19-7-11-21(12-8-19)30-24(31)16-15-23(25(30)20-9-13-22(33-6)14-10-20)26(32)28-17-27(2,3)18-29(4)5/h7-14,23,25H,15-18H2,1-6H3,(H,28,32). The van der Waals surface area contributed by atoms with Gasteiger partial charge in [-0.2, -0.15) is 0 Å². The van der Waals surface area contributed by atoms with E-state index in [1.807, 2.05) is 69.6 Å². The zero-order valence-electron chi connectivity index (χ0n) is 20.7. The van der Waals surface area contributed by atoms with Crippen LogP contribution in [0.5, 0.6) is 5.75 Å². The lowest BCUT2D eigenvalue weighted by Crippen LogP contribution is -2.50. The van der Waals surface area contributed by atoms with Gasteiger partial charge in [0, 0.05) is 25.2 Å². The number of nitrogens with one attached hydrogen (secondary N) is 1. The van der Waals surface area contributed by atoms with Crippen LogP contribution in [0.25, 0.3) is 0 Å². The molecule has 1 saturated heterocycles. The number of hydrogen-bond acceptors (Lipinski definition) is 4. The van der Waals surface area contributed by atoms with Gasteiger partial charge in [-0.1, -0.05) is 43.7 Å². The molecule has 2 aromatic rings. The van der Waals surface area contributed by atoms with Crippen LogP contribution in [-0.2, 0) is 9.59 Å².